The SMILES string of the molecule is COc1ccccc1COc1ccc(Br)cc1CN. The molecule has 0 unspecified atom stereocenters. The van der Waals surface area contributed by atoms with Crippen molar-refractivity contribution in [1.29, 1.82) is 0 Å². The van der Waals surface area contributed by atoms with Crippen molar-refractivity contribution in [3.63, 3.8) is 0 Å². The number of halogens is 1. The molecule has 4 heteroatoms. The molecule has 19 heavy (non-hydrogen) atoms. The molecule has 0 fully saturated rings. The summed E-state index contributed by atoms with van der Waals surface area (Å²) in [6, 6.07) is 13.6. The van der Waals surface area contributed by atoms with E-state index in [-0.39, 0.29) is 0 Å². The standard InChI is InChI=1S/C15H16BrNO2/c1-18-14-5-3-2-4-11(14)10-19-15-7-6-13(16)8-12(15)9-17/h2-8H,9-10,17H2,1H3. The second kappa shape index (κ2) is 6.59. The van der Waals surface area contributed by atoms with Gasteiger partial charge in [-0.1, -0.05) is 34.1 Å². The summed E-state index contributed by atoms with van der Waals surface area (Å²) in [5.41, 5.74) is 7.71. The Kier molecular flexibility index (Phi) is 4.82. The Morgan fingerprint density at radius 1 is 1.05 bits per heavy atom. The second-order valence-corrected chi connectivity index (χ2v) is 4.97. The molecule has 100 valence electrons. The monoisotopic (exact) mass is 321 g/mol. The number of ether oxygens (including phenoxy) is 2. The van der Waals surface area contributed by atoms with Gasteiger partial charge in [0.2, 0.25) is 0 Å². The minimum atomic E-state index is 0.445. The lowest BCUT2D eigenvalue weighted by molar-refractivity contribution is 0.294. The van der Waals surface area contributed by atoms with Gasteiger partial charge in [0.05, 0.1) is 7.11 Å². The van der Waals surface area contributed by atoms with Crippen LogP contribution in [0.3, 0.4) is 0 Å². The molecule has 0 saturated carbocycles. The molecular weight excluding hydrogens is 306 g/mol. The zero-order chi connectivity index (χ0) is 13.7. The van der Waals surface area contributed by atoms with Gasteiger partial charge < -0.3 is 15.2 Å². The number of benzene rings is 2. The molecule has 0 spiro atoms. The average molecular weight is 322 g/mol. The van der Waals surface area contributed by atoms with E-state index in [9.17, 15) is 0 Å². The molecule has 0 aliphatic rings. The van der Waals surface area contributed by atoms with Crippen molar-refractivity contribution in [2.24, 2.45) is 5.73 Å². The predicted molar refractivity (Wildman–Crippen MR) is 79.4 cm³/mol. The van der Waals surface area contributed by atoms with E-state index in [2.05, 4.69) is 15.9 Å². The van der Waals surface area contributed by atoms with E-state index >= 15 is 0 Å². The highest BCUT2D eigenvalue weighted by Crippen LogP contribution is 2.25. The Morgan fingerprint density at radius 2 is 1.84 bits per heavy atom. The largest absolute Gasteiger partial charge is 0.496 e. The van der Waals surface area contributed by atoms with Crippen LogP contribution in [0.5, 0.6) is 11.5 Å². The van der Waals surface area contributed by atoms with Crippen molar-refractivity contribution in [3.05, 3.63) is 58.1 Å². The zero-order valence-electron chi connectivity index (χ0n) is 10.7. The highest BCUT2D eigenvalue weighted by Gasteiger charge is 2.06. The van der Waals surface area contributed by atoms with Crippen LogP contribution >= 0.6 is 15.9 Å². The fraction of sp³-hybridized carbons (Fsp3) is 0.200. The van der Waals surface area contributed by atoms with Crippen molar-refractivity contribution >= 4 is 15.9 Å². The number of nitrogens with two attached hydrogens (primary N) is 1. The molecule has 0 atom stereocenters. The summed E-state index contributed by atoms with van der Waals surface area (Å²) in [5.74, 6) is 1.63. The summed E-state index contributed by atoms with van der Waals surface area (Å²) in [7, 11) is 1.66. The van der Waals surface area contributed by atoms with Gasteiger partial charge >= 0.3 is 0 Å². The van der Waals surface area contributed by atoms with Crippen LogP contribution in [-0.2, 0) is 13.2 Å². The number of hydrogen-bond acceptors (Lipinski definition) is 3. The molecule has 0 aliphatic heterocycles. The van der Waals surface area contributed by atoms with E-state index in [1.165, 1.54) is 0 Å². The predicted octanol–water partition coefficient (Wildman–Crippen LogP) is 3.50. The molecule has 0 bridgehead atoms. The minimum Gasteiger partial charge on any atom is -0.496 e. The van der Waals surface area contributed by atoms with Crippen LogP contribution in [0, 0.1) is 0 Å². The van der Waals surface area contributed by atoms with Crippen LogP contribution in [-0.4, -0.2) is 7.11 Å². The van der Waals surface area contributed by atoms with Gasteiger partial charge in [-0.15, -0.1) is 0 Å². The number of rotatable bonds is 5. The highest BCUT2D eigenvalue weighted by molar-refractivity contribution is 9.10. The van der Waals surface area contributed by atoms with Gasteiger partial charge in [-0.3, -0.25) is 0 Å². The Balaban J connectivity index is 2.14. The van der Waals surface area contributed by atoms with E-state index < -0.39 is 0 Å². The summed E-state index contributed by atoms with van der Waals surface area (Å²) >= 11 is 3.42. The van der Waals surface area contributed by atoms with E-state index in [4.69, 9.17) is 15.2 Å². The first-order valence-corrected chi connectivity index (χ1v) is 6.77. The van der Waals surface area contributed by atoms with Gasteiger partial charge in [-0.05, 0) is 24.3 Å². The van der Waals surface area contributed by atoms with Crippen LogP contribution in [0.4, 0.5) is 0 Å². The van der Waals surface area contributed by atoms with Gasteiger partial charge in [0, 0.05) is 22.1 Å². The van der Waals surface area contributed by atoms with Crippen LogP contribution in [0.1, 0.15) is 11.1 Å². The fourth-order valence-corrected chi connectivity index (χ4v) is 2.23. The molecule has 0 aliphatic carbocycles. The molecular formula is C15H16BrNO2. The Morgan fingerprint density at radius 3 is 2.58 bits per heavy atom. The first kappa shape index (κ1) is 13.9. The van der Waals surface area contributed by atoms with Crippen molar-refractivity contribution in [3.8, 4) is 11.5 Å². The third kappa shape index (κ3) is 3.49. The third-order valence-electron chi connectivity index (χ3n) is 2.82. The molecule has 0 saturated heterocycles. The van der Waals surface area contributed by atoms with Crippen molar-refractivity contribution < 1.29 is 9.47 Å². The van der Waals surface area contributed by atoms with Gasteiger partial charge in [0.15, 0.2) is 0 Å². The van der Waals surface area contributed by atoms with Gasteiger partial charge in [0.1, 0.15) is 18.1 Å². The number of hydrogen-bond donors (Lipinski definition) is 1. The molecule has 0 amide bonds. The molecule has 3 nitrogen and oxygen atoms in total. The normalized spacial score (nSPS) is 10.3. The topological polar surface area (TPSA) is 44.5 Å². The maximum absolute atomic E-state index is 5.83. The van der Waals surface area contributed by atoms with E-state index in [0.717, 1.165) is 27.1 Å². The summed E-state index contributed by atoms with van der Waals surface area (Å²) < 4.78 is 12.1. The maximum atomic E-state index is 5.83. The summed E-state index contributed by atoms with van der Waals surface area (Å²) in [6.45, 7) is 0.902. The lowest BCUT2D eigenvalue weighted by Gasteiger charge is -2.12. The molecule has 2 aromatic carbocycles. The zero-order valence-corrected chi connectivity index (χ0v) is 12.3. The highest BCUT2D eigenvalue weighted by atomic mass is 79.9. The lowest BCUT2D eigenvalue weighted by atomic mass is 10.2. The fourth-order valence-electron chi connectivity index (χ4n) is 1.83. The van der Waals surface area contributed by atoms with Gasteiger partial charge in [-0.25, -0.2) is 0 Å². The number of para-hydroxylation sites is 1. The van der Waals surface area contributed by atoms with Crippen molar-refractivity contribution in [2.75, 3.05) is 7.11 Å². The Hall–Kier alpha value is -1.52. The van der Waals surface area contributed by atoms with Crippen molar-refractivity contribution in [2.45, 2.75) is 13.2 Å². The second-order valence-electron chi connectivity index (χ2n) is 4.06. The number of methoxy groups -OCH3 is 1. The van der Waals surface area contributed by atoms with E-state index in [1.54, 1.807) is 7.11 Å². The Labute approximate surface area is 121 Å². The van der Waals surface area contributed by atoms with Gasteiger partial charge in [-0.2, -0.15) is 0 Å². The minimum absolute atomic E-state index is 0.445. The molecule has 2 rings (SSSR count). The first-order chi connectivity index (χ1) is 9.24. The molecule has 0 radical (unpaired) electrons. The Bertz CT molecular complexity index is 558. The van der Waals surface area contributed by atoms with Crippen molar-refractivity contribution in [1.82, 2.24) is 0 Å². The summed E-state index contributed by atoms with van der Waals surface area (Å²) in [5, 5.41) is 0. The maximum Gasteiger partial charge on any atom is 0.125 e. The lowest BCUT2D eigenvalue weighted by Crippen LogP contribution is -2.03. The summed E-state index contributed by atoms with van der Waals surface area (Å²) in [4.78, 5) is 0. The van der Waals surface area contributed by atoms with E-state index in [1.807, 2.05) is 42.5 Å². The van der Waals surface area contributed by atoms with Crippen LogP contribution in [0.25, 0.3) is 0 Å². The van der Waals surface area contributed by atoms with Crippen LogP contribution in [0.2, 0.25) is 0 Å². The van der Waals surface area contributed by atoms with E-state index in [0.29, 0.717) is 13.2 Å². The quantitative estimate of drug-likeness (QED) is 0.916. The van der Waals surface area contributed by atoms with Crippen LogP contribution < -0.4 is 15.2 Å². The van der Waals surface area contributed by atoms with Gasteiger partial charge in [0.25, 0.3) is 0 Å². The van der Waals surface area contributed by atoms with Crippen LogP contribution in [0.15, 0.2) is 46.9 Å². The summed E-state index contributed by atoms with van der Waals surface area (Å²) in [6.07, 6.45) is 0. The third-order valence-corrected chi connectivity index (χ3v) is 3.31. The molecule has 2 aromatic rings. The molecule has 2 N–H and O–H groups in total. The average Bonchev–Trinajstić information content (AvgIpc) is 2.46. The first-order valence-electron chi connectivity index (χ1n) is 5.97. The molecule has 0 heterocycles. The molecule has 0 aromatic heterocycles. The smallest absolute Gasteiger partial charge is 0.125 e.